The van der Waals surface area contributed by atoms with Crippen LogP contribution in [0.5, 0.6) is 0 Å². The second-order valence-electron chi connectivity index (χ2n) is 5.75. The Hall–Kier alpha value is -1.81. The van der Waals surface area contributed by atoms with Gasteiger partial charge in [0.25, 0.3) is 5.91 Å². The van der Waals surface area contributed by atoms with E-state index in [-0.39, 0.29) is 5.91 Å². The van der Waals surface area contributed by atoms with Crippen LogP contribution < -0.4 is 5.32 Å². The lowest BCUT2D eigenvalue weighted by Crippen LogP contribution is -2.43. The highest BCUT2D eigenvalue weighted by atomic mass is 16.1. The summed E-state index contributed by atoms with van der Waals surface area (Å²) in [6.07, 6.45) is 4.09. The minimum atomic E-state index is 0.0466. The van der Waals surface area contributed by atoms with E-state index in [1.165, 1.54) is 0 Å². The van der Waals surface area contributed by atoms with Crippen LogP contribution >= 0.6 is 0 Å². The predicted molar refractivity (Wildman–Crippen MR) is 80.9 cm³/mol. The van der Waals surface area contributed by atoms with Crippen molar-refractivity contribution in [1.82, 2.24) is 14.8 Å². The molecule has 0 unspecified atom stereocenters. The number of piperidine rings is 1. The van der Waals surface area contributed by atoms with Gasteiger partial charge in [0, 0.05) is 35.8 Å². The number of nitrogens with zero attached hydrogens (tertiary/aromatic N) is 2. The molecule has 1 saturated heterocycles. The highest BCUT2D eigenvalue weighted by molar-refractivity contribution is 5.98. The number of carbonyl (C=O) groups is 1. The molecule has 1 amide bonds. The van der Waals surface area contributed by atoms with Gasteiger partial charge < -0.3 is 14.8 Å². The molecule has 0 spiro atoms. The average Bonchev–Trinajstić information content (AvgIpc) is 2.82. The zero-order valence-corrected chi connectivity index (χ0v) is 12.1. The lowest BCUT2D eigenvalue weighted by atomic mass is 10.0. The highest BCUT2D eigenvalue weighted by Gasteiger charge is 2.19. The van der Waals surface area contributed by atoms with E-state index in [2.05, 4.69) is 21.8 Å². The smallest absolute Gasteiger partial charge is 0.251 e. The maximum absolute atomic E-state index is 12.3. The topological polar surface area (TPSA) is 37.3 Å². The Labute approximate surface area is 119 Å². The van der Waals surface area contributed by atoms with Gasteiger partial charge in [0.2, 0.25) is 0 Å². The Kier molecular flexibility index (Phi) is 3.49. The zero-order valence-electron chi connectivity index (χ0n) is 12.1. The number of rotatable bonds is 2. The normalized spacial score (nSPS) is 17.5. The van der Waals surface area contributed by atoms with Crippen LogP contribution in [-0.4, -0.2) is 41.6 Å². The number of benzene rings is 1. The third-order valence-electron chi connectivity index (χ3n) is 4.20. The van der Waals surface area contributed by atoms with E-state index in [1.54, 1.807) is 0 Å². The predicted octanol–water partition coefficient (Wildman–Crippen LogP) is 2.00. The number of fused-ring (bicyclic) bond motifs is 1. The molecule has 0 radical (unpaired) electrons. The summed E-state index contributed by atoms with van der Waals surface area (Å²) < 4.78 is 2.06. The second kappa shape index (κ2) is 5.29. The number of hydrogen-bond acceptors (Lipinski definition) is 2. The number of amides is 1. The molecule has 1 aromatic heterocycles. The minimum absolute atomic E-state index is 0.0466. The Morgan fingerprint density at radius 1 is 1.20 bits per heavy atom. The molecule has 20 heavy (non-hydrogen) atoms. The van der Waals surface area contributed by atoms with Crippen LogP contribution in [0.25, 0.3) is 10.9 Å². The first kappa shape index (κ1) is 13.2. The third-order valence-corrected chi connectivity index (χ3v) is 4.20. The van der Waals surface area contributed by atoms with E-state index < -0.39 is 0 Å². The highest BCUT2D eigenvalue weighted by Crippen LogP contribution is 2.17. The summed E-state index contributed by atoms with van der Waals surface area (Å²) in [5.41, 5.74) is 1.91. The van der Waals surface area contributed by atoms with Crippen LogP contribution in [0.1, 0.15) is 23.2 Å². The van der Waals surface area contributed by atoms with Crippen molar-refractivity contribution in [3.05, 3.63) is 36.0 Å². The van der Waals surface area contributed by atoms with E-state index in [1.807, 2.05) is 37.5 Å². The van der Waals surface area contributed by atoms with Crippen LogP contribution in [0, 0.1) is 0 Å². The van der Waals surface area contributed by atoms with Gasteiger partial charge in [0.1, 0.15) is 0 Å². The first-order valence-electron chi connectivity index (χ1n) is 7.18. The van der Waals surface area contributed by atoms with E-state index in [4.69, 9.17) is 0 Å². The molecule has 2 heterocycles. The van der Waals surface area contributed by atoms with E-state index in [0.29, 0.717) is 6.04 Å². The van der Waals surface area contributed by atoms with Crippen molar-refractivity contribution in [3.63, 3.8) is 0 Å². The first-order chi connectivity index (χ1) is 9.63. The molecule has 3 rings (SSSR count). The van der Waals surface area contributed by atoms with Crippen LogP contribution in [0.15, 0.2) is 30.5 Å². The van der Waals surface area contributed by atoms with Gasteiger partial charge in [-0.1, -0.05) is 0 Å². The number of aromatic nitrogens is 1. The van der Waals surface area contributed by atoms with Gasteiger partial charge in [-0.25, -0.2) is 0 Å². The van der Waals surface area contributed by atoms with Gasteiger partial charge in [-0.15, -0.1) is 0 Å². The van der Waals surface area contributed by atoms with Crippen molar-refractivity contribution < 1.29 is 4.79 Å². The van der Waals surface area contributed by atoms with Crippen molar-refractivity contribution in [2.75, 3.05) is 20.1 Å². The van der Waals surface area contributed by atoms with Gasteiger partial charge in [-0.2, -0.15) is 0 Å². The summed E-state index contributed by atoms with van der Waals surface area (Å²) in [5, 5.41) is 4.27. The molecule has 1 aliphatic heterocycles. The quantitative estimate of drug-likeness (QED) is 0.907. The maximum Gasteiger partial charge on any atom is 0.251 e. The van der Waals surface area contributed by atoms with E-state index in [0.717, 1.165) is 42.4 Å². The van der Waals surface area contributed by atoms with Crippen LogP contribution in [0.4, 0.5) is 0 Å². The van der Waals surface area contributed by atoms with Crippen molar-refractivity contribution in [2.24, 2.45) is 7.05 Å². The Balaban J connectivity index is 1.72. The summed E-state index contributed by atoms with van der Waals surface area (Å²) >= 11 is 0. The molecule has 106 valence electrons. The summed E-state index contributed by atoms with van der Waals surface area (Å²) in [5.74, 6) is 0.0466. The second-order valence-corrected chi connectivity index (χ2v) is 5.75. The first-order valence-corrected chi connectivity index (χ1v) is 7.18. The van der Waals surface area contributed by atoms with Crippen molar-refractivity contribution >= 4 is 16.8 Å². The van der Waals surface area contributed by atoms with Crippen molar-refractivity contribution in [2.45, 2.75) is 18.9 Å². The summed E-state index contributed by atoms with van der Waals surface area (Å²) in [6.45, 7) is 2.12. The third kappa shape index (κ3) is 2.56. The number of aryl methyl sites for hydroxylation is 1. The molecule has 1 aliphatic rings. The monoisotopic (exact) mass is 271 g/mol. The number of carbonyl (C=O) groups excluding carboxylic acids is 1. The standard InChI is InChI=1S/C16H21N3O/c1-18-8-6-14(7-9-18)17-16(20)13-3-4-15-12(11-13)5-10-19(15)2/h3-5,10-11,14H,6-9H2,1-2H3,(H,17,20). The fraction of sp³-hybridized carbons (Fsp3) is 0.438. The van der Waals surface area contributed by atoms with Crippen molar-refractivity contribution in [1.29, 1.82) is 0 Å². The van der Waals surface area contributed by atoms with Gasteiger partial charge >= 0.3 is 0 Å². The lowest BCUT2D eigenvalue weighted by molar-refractivity contribution is 0.0917. The van der Waals surface area contributed by atoms with Crippen LogP contribution in [-0.2, 0) is 7.05 Å². The van der Waals surface area contributed by atoms with E-state index >= 15 is 0 Å². The minimum Gasteiger partial charge on any atom is -0.351 e. The Morgan fingerprint density at radius 2 is 1.95 bits per heavy atom. The number of hydrogen-bond donors (Lipinski definition) is 1. The molecule has 4 nitrogen and oxygen atoms in total. The molecule has 0 atom stereocenters. The fourth-order valence-corrected chi connectivity index (χ4v) is 2.84. The number of nitrogens with one attached hydrogen (secondary N) is 1. The van der Waals surface area contributed by atoms with Crippen LogP contribution in [0.2, 0.25) is 0 Å². The molecule has 1 N–H and O–H groups in total. The fourth-order valence-electron chi connectivity index (χ4n) is 2.84. The molecule has 0 saturated carbocycles. The van der Waals surface area contributed by atoms with Gasteiger partial charge in [-0.05, 0) is 57.2 Å². The van der Waals surface area contributed by atoms with Gasteiger partial charge in [-0.3, -0.25) is 4.79 Å². The SMILES string of the molecule is CN1CCC(NC(=O)c2ccc3c(ccn3C)c2)CC1. The lowest BCUT2D eigenvalue weighted by Gasteiger charge is -2.29. The summed E-state index contributed by atoms with van der Waals surface area (Å²) in [7, 11) is 4.14. The molecule has 1 aromatic carbocycles. The molecular formula is C16H21N3O. The van der Waals surface area contributed by atoms with E-state index in [9.17, 15) is 4.79 Å². The molecule has 0 bridgehead atoms. The Morgan fingerprint density at radius 3 is 2.70 bits per heavy atom. The van der Waals surface area contributed by atoms with Crippen molar-refractivity contribution in [3.8, 4) is 0 Å². The largest absolute Gasteiger partial charge is 0.351 e. The summed E-state index contributed by atoms with van der Waals surface area (Å²) in [6, 6.07) is 8.25. The molecule has 2 aromatic rings. The summed E-state index contributed by atoms with van der Waals surface area (Å²) in [4.78, 5) is 14.6. The number of likely N-dealkylation sites (tertiary alicyclic amines) is 1. The Bertz CT molecular complexity index is 624. The average molecular weight is 271 g/mol. The molecular weight excluding hydrogens is 250 g/mol. The van der Waals surface area contributed by atoms with Gasteiger partial charge in [0.15, 0.2) is 0 Å². The molecule has 4 heteroatoms. The van der Waals surface area contributed by atoms with Gasteiger partial charge in [0.05, 0.1) is 0 Å². The van der Waals surface area contributed by atoms with Crippen LogP contribution in [0.3, 0.4) is 0 Å². The zero-order chi connectivity index (χ0) is 14.1. The molecule has 1 fully saturated rings. The molecule has 0 aliphatic carbocycles. The maximum atomic E-state index is 12.3.